The summed E-state index contributed by atoms with van der Waals surface area (Å²) in [5.41, 5.74) is 1.35. The number of nitrogens with zero attached hydrogens (tertiary/aromatic N) is 3. The van der Waals surface area contributed by atoms with Crippen LogP contribution in [0.1, 0.15) is 18.0 Å². The van der Waals surface area contributed by atoms with Crippen molar-refractivity contribution in [3.8, 4) is 10.4 Å². The number of aromatic nitrogens is 4. The molecule has 0 saturated carbocycles. The summed E-state index contributed by atoms with van der Waals surface area (Å²) in [7, 11) is 1.73. The van der Waals surface area contributed by atoms with Crippen molar-refractivity contribution >= 4 is 55.6 Å². The molecule has 5 aromatic rings. The summed E-state index contributed by atoms with van der Waals surface area (Å²) in [6.45, 7) is 1.94. The van der Waals surface area contributed by atoms with E-state index in [-0.39, 0.29) is 16.4 Å². The first-order valence-corrected chi connectivity index (χ1v) is 11.8. The predicted octanol–water partition coefficient (Wildman–Crippen LogP) is 4.81. The van der Waals surface area contributed by atoms with Crippen molar-refractivity contribution in [1.29, 1.82) is 0 Å². The number of para-hydroxylation sites is 1. The van der Waals surface area contributed by atoms with Crippen molar-refractivity contribution < 1.29 is 0 Å². The number of rotatable bonds is 4. The number of hydrogen-bond acceptors (Lipinski definition) is 7. The van der Waals surface area contributed by atoms with Crippen molar-refractivity contribution in [2.45, 2.75) is 17.3 Å². The van der Waals surface area contributed by atoms with Crippen LogP contribution in [0, 0.1) is 0 Å². The van der Waals surface area contributed by atoms with Crippen molar-refractivity contribution in [3.63, 3.8) is 0 Å². The standard InChI is InChI=1S/C21H16N4O2S3/c1-11(17-22-14-7-4-3-6-12(14)18(26)23-17)30-21-24-19-16(20(27)25(21)2)13(10-29-19)15-8-5-9-28-15/h3-11H,1-2H3,(H,22,23,26). The topological polar surface area (TPSA) is 80.6 Å². The third kappa shape index (κ3) is 3.19. The summed E-state index contributed by atoms with van der Waals surface area (Å²) in [5.74, 6) is 0.559. The summed E-state index contributed by atoms with van der Waals surface area (Å²) in [6.07, 6.45) is 0. The summed E-state index contributed by atoms with van der Waals surface area (Å²) in [5, 5.41) is 5.61. The fraction of sp³-hybridized carbons (Fsp3) is 0.143. The van der Waals surface area contributed by atoms with E-state index < -0.39 is 0 Å². The second-order valence-electron chi connectivity index (χ2n) is 6.79. The maximum absolute atomic E-state index is 13.1. The molecule has 0 saturated heterocycles. The molecule has 0 radical (unpaired) electrons. The molecule has 150 valence electrons. The van der Waals surface area contributed by atoms with Gasteiger partial charge in [0.15, 0.2) is 5.16 Å². The van der Waals surface area contributed by atoms with E-state index in [2.05, 4.69) is 9.97 Å². The van der Waals surface area contributed by atoms with E-state index in [1.54, 1.807) is 29.0 Å². The molecule has 1 aromatic carbocycles. The highest BCUT2D eigenvalue weighted by Gasteiger charge is 2.19. The molecule has 0 aliphatic carbocycles. The zero-order valence-electron chi connectivity index (χ0n) is 16.1. The Morgan fingerprint density at radius 2 is 1.93 bits per heavy atom. The Morgan fingerprint density at radius 3 is 2.73 bits per heavy atom. The van der Waals surface area contributed by atoms with Crippen LogP contribution in [-0.2, 0) is 7.05 Å². The Balaban J connectivity index is 1.55. The Hall–Kier alpha value is -2.75. The van der Waals surface area contributed by atoms with E-state index in [1.165, 1.54) is 23.1 Å². The third-order valence-corrected chi connectivity index (χ3v) is 7.79. The van der Waals surface area contributed by atoms with Gasteiger partial charge in [0.2, 0.25) is 0 Å². The number of hydrogen-bond donors (Lipinski definition) is 1. The van der Waals surface area contributed by atoms with Crippen LogP contribution in [0.15, 0.2) is 61.9 Å². The molecule has 0 spiro atoms. The molecule has 1 unspecified atom stereocenters. The minimum atomic E-state index is -0.186. The second kappa shape index (κ2) is 7.50. The number of benzene rings is 1. The minimum absolute atomic E-state index is 0.0701. The van der Waals surface area contributed by atoms with E-state index in [9.17, 15) is 9.59 Å². The van der Waals surface area contributed by atoms with E-state index in [0.717, 1.165) is 15.3 Å². The zero-order chi connectivity index (χ0) is 20.8. The first-order valence-electron chi connectivity index (χ1n) is 9.20. The van der Waals surface area contributed by atoms with Gasteiger partial charge in [0.05, 0.1) is 21.5 Å². The number of thiophene rings is 2. The van der Waals surface area contributed by atoms with Crippen LogP contribution in [0.2, 0.25) is 0 Å². The van der Waals surface area contributed by atoms with Gasteiger partial charge in [-0.3, -0.25) is 14.2 Å². The van der Waals surface area contributed by atoms with E-state index >= 15 is 0 Å². The largest absolute Gasteiger partial charge is 0.309 e. The van der Waals surface area contributed by atoms with E-state index in [1.807, 2.05) is 48.0 Å². The number of aromatic amines is 1. The summed E-state index contributed by atoms with van der Waals surface area (Å²) in [4.78, 5) is 39.5. The Bertz CT molecular complexity index is 1500. The molecule has 6 nitrogen and oxygen atoms in total. The van der Waals surface area contributed by atoms with Gasteiger partial charge in [-0.2, -0.15) is 0 Å². The van der Waals surface area contributed by atoms with Crippen molar-refractivity contribution in [2.24, 2.45) is 7.05 Å². The molecule has 0 fully saturated rings. The molecule has 0 amide bonds. The van der Waals surface area contributed by atoms with Crippen LogP contribution in [-0.4, -0.2) is 19.5 Å². The molecule has 4 aromatic heterocycles. The van der Waals surface area contributed by atoms with Gasteiger partial charge >= 0.3 is 0 Å². The molecule has 0 bridgehead atoms. The van der Waals surface area contributed by atoms with Gasteiger partial charge in [0.25, 0.3) is 11.1 Å². The number of thioether (sulfide) groups is 1. The zero-order valence-corrected chi connectivity index (χ0v) is 18.5. The average Bonchev–Trinajstić information content (AvgIpc) is 3.41. The summed E-state index contributed by atoms with van der Waals surface area (Å²) in [6, 6.07) is 11.2. The van der Waals surface area contributed by atoms with Gasteiger partial charge in [-0.15, -0.1) is 22.7 Å². The highest BCUT2D eigenvalue weighted by Crippen LogP contribution is 2.36. The Morgan fingerprint density at radius 1 is 1.10 bits per heavy atom. The summed E-state index contributed by atoms with van der Waals surface area (Å²) < 4.78 is 1.58. The summed E-state index contributed by atoms with van der Waals surface area (Å²) >= 11 is 4.48. The molecule has 0 aliphatic heterocycles. The van der Waals surface area contributed by atoms with Crippen molar-refractivity contribution in [1.82, 2.24) is 19.5 Å². The second-order valence-corrected chi connectivity index (χ2v) is 9.91. The molecule has 1 N–H and O–H groups in total. The fourth-order valence-corrected chi connectivity index (χ4v) is 6.02. The van der Waals surface area contributed by atoms with Crippen LogP contribution in [0.3, 0.4) is 0 Å². The van der Waals surface area contributed by atoms with Crippen LogP contribution in [0.25, 0.3) is 31.6 Å². The van der Waals surface area contributed by atoms with Gasteiger partial charge < -0.3 is 4.98 Å². The fourth-order valence-electron chi connectivity index (χ4n) is 3.28. The lowest BCUT2D eigenvalue weighted by Crippen LogP contribution is -2.20. The van der Waals surface area contributed by atoms with Gasteiger partial charge in [-0.05, 0) is 30.5 Å². The van der Waals surface area contributed by atoms with Gasteiger partial charge in [0, 0.05) is 22.9 Å². The van der Waals surface area contributed by atoms with E-state index in [4.69, 9.17) is 4.98 Å². The molecular weight excluding hydrogens is 436 g/mol. The number of fused-ring (bicyclic) bond motifs is 2. The maximum Gasteiger partial charge on any atom is 0.263 e. The maximum atomic E-state index is 13.1. The lowest BCUT2D eigenvalue weighted by molar-refractivity contribution is 0.724. The molecule has 9 heteroatoms. The number of H-pyrrole nitrogens is 1. The molecule has 0 aliphatic rings. The highest BCUT2D eigenvalue weighted by atomic mass is 32.2. The van der Waals surface area contributed by atoms with Crippen LogP contribution >= 0.6 is 34.4 Å². The monoisotopic (exact) mass is 452 g/mol. The lowest BCUT2D eigenvalue weighted by Gasteiger charge is -2.13. The molecular formula is C21H16N4O2S3. The average molecular weight is 453 g/mol. The first-order chi connectivity index (χ1) is 14.5. The minimum Gasteiger partial charge on any atom is -0.309 e. The normalized spacial score (nSPS) is 12.6. The quantitative estimate of drug-likeness (QED) is 0.313. The SMILES string of the molecule is CC(Sc1nc2scc(-c3cccs3)c2c(=O)n1C)c1nc2ccccc2c(=O)[nH]1. The van der Waals surface area contributed by atoms with Crippen molar-refractivity contribution in [3.05, 3.63) is 73.7 Å². The first kappa shape index (κ1) is 19.2. The Labute approximate surface area is 183 Å². The van der Waals surface area contributed by atoms with Crippen LogP contribution in [0.5, 0.6) is 0 Å². The Kier molecular flexibility index (Phi) is 4.80. The van der Waals surface area contributed by atoms with Gasteiger partial charge in [-0.1, -0.05) is 30.0 Å². The number of nitrogens with one attached hydrogen (secondary N) is 1. The van der Waals surface area contributed by atoms with Gasteiger partial charge in [0.1, 0.15) is 10.7 Å². The molecule has 30 heavy (non-hydrogen) atoms. The van der Waals surface area contributed by atoms with E-state index in [0.29, 0.717) is 27.3 Å². The van der Waals surface area contributed by atoms with Gasteiger partial charge in [-0.25, -0.2) is 9.97 Å². The smallest absolute Gasteiger partial charge is 0.263 e. The van der Waals surface area contributed by atoms with Crippen molar-refractivity contribution in [2.75, 3.05) is 0 Å². The van der Waals surface area contributed by atoms with Crippen LogP contribution < -0.4 is 11.1 Å². The highest BCUT2D eigenvalue weighted by molar-refractivity contribution is 7.99. The molecule has 4 heterocycles. The molecule has 5 rings (SSSR count). The molecule has 1 atom stereocenters. The van der Waals surface area contributed by atoms with Crippen LogP contribution in [0.4, 0.5) is 0 Å². The lowest BCUT2D eigenvalue weighted by atomic mass is 10.2. The predicted molar refractivity (Wildman–Crippen MR) is 125 cm³/mol. The third-order valence-electron chi connectivity index (χ3n) is 4.86.